The molecule has 0 spiro atoms. The Labute approximate surface area is 134 Å². The molecule has 0 amide bonds. The van der Waals surface area contributed by atoms with Gasteiger partial charge in [0.2, 0.25) is 0 Å². The van der Waals surface area contributed by atoms with Crippen molar-refractivity contribution in [2.75, 3.05) is 11.9 Å². The van der Waals surface area contributed by atoms with E-state index >= 15 is 0 Å². The van der Waals surface area contributed by atoms with Crippen LogP contribution in [0.15, 0.2) is 65.5 Å². The van der Waals surface area contributed by atoms with Crippen LogP contribution in [0.1, 0.15) is 28.3 Å². The van der Waals surface area contributed by atoms with E-state index in [1.54, 1.807) is 0 Å². The minimum atomic E-state index is -0.301. The number of rotatable bonds is 3. The van der Waals surface area contributed by atoms with E-state index in [0.717, 1.165) is 41.2 Å². The predicted molar refractivity (Wildman–Crippen MR) is 90.9 cm³/mol. The van der Waals surface area contributed by atoms with Gasteiger partial charge in [0.25, 0.3) is 0 Å². The number of aromatic amines is 1. The van der Waals surface area contributed by atoms with Gasteiger partial charge in [-0.25, -0.2) is 4.79 Å². The molecule has 4 nitrogen and oxygen atoms in total. The Kier molecular flexibility index (Phi) is 3.42. The summed E-state index contributed by atoms with van der Waals surface area (Å²) in [6, 6.07) is 20.5. The zero-order valence-electron chi connectivity index (χ0n) is 12.6. The van der Waals surface area contributed by atoms with Gasteiger partial charge in [0.05, 0.1) is 0 Å². The van der Waals surface area contributed by atoms with Crippen molar-refractivity contribution in [1.29, 1.82) is 0 Å². The molecule has 0 bridgehead atoms. The van der Waals surface area contributed by atoms with E-state index in [-0.39, 0.29) is 11.6 Å². The maximum Gasteiger partial charge on any atom is 0.347 e. The SMILES string of the molecule is O=c1nc2c(c(C(c3ccccc3)c3ccccc3)[nH]1)CCN2. The van der Waals surface area contributed by atoms with Crippen LogP contribution in [-0.4, -0.2) is 16.5 Å². The van der Waals surface area contributed by atoms with E-state index in [1.165, 1.54) is 0 Å². The van der Waals surface area contributed by atoms with Crippen LogP contribution in [0.5, 0.6) is 0 Å². The third-order valence-corrected chi connectivity index (χ3v) is 4.29. The Morgan fingerprint density at radius 3 is 2.13 bits per heavy atom. The Morgan fingerprint density at radius 1 is 0.913 bits per heavy atom. The Morgan fingerprint density at radius 2 is 1.52 bits per heavy atom. The molecule has 2 heterocycles. The van der Waals surface area contributed by atoms with E-state index in [2.05, 4.69) is 39.6 Å². The van der Waals surface area contributed by atoms with Gasteiger partial charge in [-0.3, -0.25) is 0 Å². The van der Waals surface area contributed by atoms with Gasteiger partial charge in [0.15, 0.2) is 0 Å². The fourth-order valence-electron chi connectivity index (χ4n) is 3.28. The molecule has 0 saturated carbocycles. The first-order valence-electron chi connectivity index (χ1n) is 7.80. The Balaban J connectivity index is 1.96. The number of H-pyrrole nitrogens is 1. The molecule has 2 aromatic carbocycles. The fraction of sp³-hybridized carbons (Fsp3) is 0.158. The summed E-state index contributed by atoms with van der Waals surface area (Å²) in [5.41, 5.74) is 4.08. The van der Waals surface area contributed by atoms with Crippen molar-refractivity contribution in [1.82, 2.24) is 9.97 Å². The Bertz CT molecular complexity index is 833. The van der Waals surface area contributed by atoms with E-state index in [1.807, 2.05) is 36.4 Å². The van der Waals surface area contributed by atoms with E-state index in [4.69, 9.17) is 0 Å². The van der Waals surface area contributed by atoms with Gasteiger partial charge < -0.3 is 10.3 Å². The first-order chi connectivity index (χ1) is 11.3. The summed E-state index contributed by atoms with van der Waals surface area (Å²) in [5.74, 6) is 0.724. The van der Waals surface area contributed by atoms with Crippen LogP contribution in [0.3, 0.4) is 0 Å². The molecule has 0 radical (unpaired) electrons. The molecule has 23 heavy (non-hydrogen) atoms. The second kappa shape index (κ2) is 5.72. The van der Waals surface area contributed by atoms with E-state index in [0.29, 0.717) is 0 Å². The van der Waals surface area contributed by atoms with Gasteiger partial charge in [-0.1, -0.05) is 60.7 Å². The van der Waals surface area contributed by atoms with Crippen molar-refractivity contribution in [2.24, 2.45) is 0 Å². The molecule has 2 N–H and O–H groups in total. The zero-order chi connectivity index (χ0) is 15.6. The molecule has 3 aromatic rings. The molecule has 1 aliphatic heterocycles. The lowest BCUT2D eigenvalue weighted by atomic mass is 9.86. The maximum atomic E-state index is 12.0. The number of nitrogens with one attached hydrogen (secondary N) is 2. The van der Waals surface area contributed by atoms with E-state index in [9.17, 15) is 4.79 Å². The van der Waals surface area contributed by atoms with Crippen molar-refractivity contribution in [2.45, 2.75) is 12.3 Å². The van der Waals surface area contributed by atoms with Gasteiger partial charge in [-0.2, -0.15) is 4.98 Å². The number of aromatic nitrogens is 2. The standard InChI is InChI=1S/C19H17N3O/c23-19-21-17(15-11-12-20-18(15)22-19)16(13-7-3-1-4-8-13)14-9-5-2-6-10-14/h1-10,16H,11-12H2,(H2,20,21,22,23). The molecule has 1 aromatic heterocycles. The number of nitrogens with zero attached hydrogens (tertiary/aromatic N) is 1. The highest BCUT2D eigenvalue weighted by Gasteiger charge is 2.25. The van der Waals surface area contributed by atoms with Crippen LogP contribution < -0.4 is 11.0 Å². The fourth-order valence-corrected chi connectivity index (χ4v) is 3.28. The minimum Gasteiger partial charge on any atom is -0.369 e. The first kappa shape index (κ1) is 13.8. The van der Waals surface area contributed by atoms with Gasteiger partial charge >= 0.3 is 5.69 Å². The van der Waals surface area contributed by atoms with Crippen LogP contribution in [0.4, 0.5) is 5.82 Å². The summed E-state index contributed by atoms with van der Waals surface area (Å²) in [4.78, 5) is 19.1. The van der Waals surface area contributed by atoms with Gasteiger partial charge in [0.1, 0.15) is 5.82 Å². The molecule has 0 fully saturated rings. The molecular weight excluding hydrogens is 286 g/mol. The van der Waals surface area contributed by atoms with Crippen molar-refractivity contribution in [3.8, 4) is 0 Å². The molecule has 4 rings (SSSR count). The highest BCUT2D eigenvalue weighted by Crippen LogP contribution is 2.35. The Hall–Kier alpha value is -2.88. The van der Waals surface area contributed by atoms with Crippen molar-refractivity contribution in [3.05, 3.63) is 93.5 Å². The van der Waals surface area contributed by atoms with Crippen LogP contribution in [0.2, 0.25) is 0 Å². The van der Waals surface area contributed by atoms with Crippen LogP contribution in [-0.2, 0) is 6.42 Å². The van der Waals surface area contributed by atoms with E-state index < -0.39 is 0 Å². The third kappa shape index (κ3) is 2.52. The molecule has 0 aliphatic carbocycles. The summed E-state index contributed by atoms with van der Waals surface area (Å²) in [6.07, 6.45) is 0.880. The number of anilines is 1. The molecule has 0 unspecified atom stereocenters. The van der Waals surface area contributed by atoms with Gasteiger partial charge in [-0.15, -0.1) is 0 Å². The minimum absolute atomic E-state index is 0.00162. The second-order valence-corrected chi connectivity index (χ2v) is 5.71. The normalized spacial score (nSPS) is 12.9. The molecule has 4 heteroatoms. The highest BCUT2D eigenvalue weighted by atomic mass is 16.1. The zero-order valence-corrected chi connectivity index (χ0v) is 12.6. The molecule has 0 saturated heterocycles. The summed E-state index contributed by atoms with van der Waals surface area (Å²) < 4.78 is 0. The smallest absolute Gasteiger partial charge is 0.347 e. The summed E-state index contributed by atoms with van der Waals surface area (Å²) >= 11 is 0. The molecule has 0 atom stereocenters. The summed E-state index contributed by atoms with van der Waals surface area (Å²) in [5, 5.41) is 3.21. The number of hydrogen-bond donors (Lipinski definition) is 2. The first-order valence-corrected chi connectivity index (χ1v) is 7.80. The third-order valence-electron chi connectivity index (χ3n) is 4.29. The second-order valence-electron chi connectivity index (χ2n) is 5.71. The lowest BCUT2D eigenvalue weighted by molar-refractivity contribution is 0.861. The number of fused-ring (bicyclic) bond motifs is 1. The quantitative estimate of drug-likeness (QED) is 0.782. The van der Waals surface area contributed by atoms with Gasteiger partial charge in [-0.05, 0) is 17.5 Å². The maximum absolute atomic E-state index is 12.0. The average Bonchev–Trinajstić information content (AvgIpc) is 3.05. The largest absolute Gasteiger partial charge is 0.369 e. The van der Waals surface area contributed by atoms with Crippen LogP contribution >= 0.6 is 0 Å². The average molecular weight is 303 g/mol. The van der Waals surface area contributed by atoms with Crippen molar-refractivity contribution < 1.29 is 0 Å². The van der Waals surface area contributed by atoms with Crippen molar-refractivity contribution >= 4 is 5.82 Å². The lowest BCUT2D eigenvalue weighted by Gasteiger charge is -2.20. The van der Waals surface area contributed by atoms with Crippen LogP contribution in [0, 0.1) is 0 Å². The highest BCUT2D eigenvalue weighted by molar-refractivity contribution is 5.55. The number of benzene rings is 2. The predicted octanol–water partition coefficient (Wildman–Crippen LogP) is 2.92. The summed E-state index contributed by atoms with van der Waals surface area (Å²) in [7, 11) is 0. The van der Waals surface area contributed by atoms with Crippen LogP contribution in [0.25, 0.3) is 0 Å². The monoisotopic (exact) mass is 303 g/mol. The topological polar surface area (TPSA) is 57.8 Å². The number of hydrogen-bond acceptors (Lipinski definition) is 3. The molecular formula is C19H17N3O. The molecule has 114 valence electrons. The lowest BCUT2D eigenvalue weighted by Crippen LogP contribution is -2.19. The molecule has 1 aliphatic rings. The van der Waals surface area contributed by atoms with Crippen molar-refractivity contribution in [3.63, 3.8) is 0 Å². The summed E-state index contributed by atoms with van der Waals surface area (Å²) in [6.45, 7) is 0.822. The van der Waals surface area contributed by atoms with Gasteiger partial charge in [0, 0.05) is 23.7 Å².